The zero-order valence-corrected chi connectivity index (χ0v) is 13.7. The van der Waals surface area contributed by atoms with Crippen LogP contribution in [0.3, 0.4) is 0 Å². The number of hydrogen-bond donors (Lipinski definition) is 1. The third-order valence-corrected chi connectivity index (χ3v) is 4.64. The molecule has 130 valence electrons. The van der Waals surface area contributed by atoms with E-state index in [1.807, 2.05) is 4.90 Å². The van der Waals surface area contributed by atoms with Gasteiger partial charge < -0.3 is 14.7 Å². The number of halogens is 2. The predicted molar refractivity (Wildman–Crippen MR) is 84.6 cm³/mol. The highest BCUT2D eigenvalue weighted by Crippen LogP contribution is 2.24. The lowest BCUT2D eigenvalue weighted by molar-refractivity contribution is -0.138. The van der Waals surface area contributed by atoms with Gasteiger partial charge in [0.25, 0.3) is 5.91 Å². The van der Waals surface area contributed by atoms with Crippen LogP contribution in [-0.4, -0.2) is 72.2 Å². The number of fused-ring (bicyclic) bond motifs is 3. The third kappa shape index (κ3) is 3.53. The summed E-state index contributed by atoms with van der Waals surface area (Å²) in [6.45, 7) is 2.00. The molecule has 8 heteroatoms. The number of rotatable bonds is 3. The van der Waals surface area contributed by atoms with Crippen LogP contribution in [0.15, 0.2) is 18.2 Å². The van der Waals surface area contributed by atoms with Crippen LogP contribution in [0.4, 0.5) is 4.39 Å². The summed E-state index contributed by atoms with van der Waals surface area (Å²) >= 11 is 5.78. The van der Waals surface area contributed by atoms with Gasteiger partial charge in [-0.25, -0.2) is 4.39 Å². The second-order valence-corrected chi connectivity index (χ2v) is 6.61. The van der Waals surface area contributed by atoms with Gasteiger partial charge in [-0.05, 0) is 12.1 Å². The lowest BCUT2D eigenvalue weighted by atomic mass is 10.1. The highest BCUT2D eigenvalue weighted by atomic mass is 35.5. The molecule has 2 fully saturated rings. The van der Waals surface area contributed by atoms with Crippen LogP contribution < -0.4 is 0 Å². The van der Waals surface area contributed by atoms with Crippen LogP contribution in [0.25, 0.3) is 0 Å². The summed E-state index contributed by atoms with van der Waals surface area (Å²) in [4.78, 5) is 27.2. The predicted octanol–water partition coefficient (Wildman–Crippen LogP) is 1.34. The highest BCUT2D eigenvalue weighted by Gasteiger charge is 2.37. The summed E-state index contributed by atoms with van der Waals surface area (Å²) in [5.74, 6) is -2.09. The molecule has 6 nitrogen and oxygen atoms in total. The number of carboxylic acid groups (broad SMARTS) is 1. The Balaban J connectivity index is 1.86. The fraction of sp³-hybridized carbons (Fsp3) is 0.500. The first kappa shape index (κ1) is 17.1. The molecule has 0 aromatic heterocycles. The van der Waals surface area contributed by atoms with Crippen molar-refractivity contribution in [2.24, 2.45) is 5.92 Å². The zero-order valence-electron chi connectivity index (χ0n) is 13.0. The Labute approximate surface area is 143 Å². The number of amides is 1. The van der Waals surface area contributed by atoms with E-state index in [1.165, 1.54) is 18.2 Å². The molecule has 0 aliphatic carbocycles. The van der Waals surface area contributed by atoms with Gasteiger partial charge in [-0.2, -0.15) is 0 Å². The van der Waals surface area contributed by atoms with Gasteiger partial charge in [0.2, 0.25) is 0 Å². The number of carbonyl (C=O) groups is 2. The molecule has 3 rings (SSSR count). The number of carbonyl (C=O) groups excluding carboxylic acids is 1. The monoisotopic (exact) mass is 356 g/mol. The van der Waals surface area contributed by atoms with Gasteiger partial charge in [-0.15, -0.1) is 0 Å². The van der Waals surface area contributed by atoms with Crippen LogP contribution in [0, 0.1) is 11.7 Å². The number of hydrogen-bond acceptors (Lipinski definition) is 4. The van der Waals surface area contributed by atoms with Crippen molar-refractivity contribution in [1.82, 2.24) is 9.80 Å². The summed E-state index contributed by atoms with van der Waals surface area (Å²) in [7, 11) is 0. The van der Waals surface area contributed by atoms with E-state index in [4.69, 9.17) is 21.4 Å². The molecule has 2 aliphatic heterocycles. The molecule has 1 N–H and O–H groups in total. The van der Waals surface area contributed by atoms with Crippen LogP contribution >= 0.6 is 11.6 Å². The fourth-order valence-corrected chi connectivity index (χ4v) is 3.51. The summed E-state index contributed by atoms with van der Waals surface area (Å²) in [6, 6.07) is 4.03. The molecule has 24 heavy (non-hydrogen) atoms. The molecule has 2 bridgehead atoms. The van der Waals surface area contributed by atoms with Crippen LogP contribution in [-0.2, 0) is 9.53 Å². The molecule has 2 aliphatic rings. The van der Waals surface area contributed by atoms with Crippen molar-refractivity contribution in [2.45, 2.75) is 6.04 Å². The Bertz CT molecular complexity index is 657. The molecular weight excluding hydrogens is 339 g/mol. The molecule has 0 spiro atoms. The number of aliphatic carboxylic acids is 1. The van der Waals surface area contributed by atoms with E-state index in [-0.39, 0.29) is 29.1 Å². The Morgan fingerprint density at radius 1 is 1.29 bits per heavy atom. The molecule has 1 aromatic carbocycles. The van der Waals surface area contributed by atoms with E-state index in [2.05, 4.69) is 0 Å². The van der Waals surface area contributed by atoms with Crippen molar-refractivity contribution in [1.29, 1.82) is 0 Å². The highest BCUT2D eigenvalue weighted by molar-refractivity contribution is 6.31. The zero-order chi connectivity index (χ0) is 17.3. The van der Waals surface area contributed by atoms with Gasteiger partial charge in [0.15, 0.2) is 5.82 Å². The number of benzene rings is 1. The van der Waals surface area contributed by atoms with E-state index in [9.17, 15) is 14.0 Å². The largest absolute Gasteiger partial charge is 0.480 e. The first-order valence-electron chi connectivity index (χ1n) is 7.72. The van der Waals surface area contributed by atoms with Gasteiger partial charge in [-0.1, -0.05) is 17.7 Å². The quantitative estimate of drug-likeness (QED) is 0.885. The first-order valence-corrected chi connectivity index (χ1v) is 8.10. The number of ether oxygens (including phenoxy) is 1. The molecule has 0 saturated carbocycles. The average Bonchev–Trinajstić information content (AvgIpc) is 2.79. The van der Waals surface area contributed by atoms with Gasteiger partial charge in [-0.3, -0.25) is 14.5 Å². The molecule has 0 radical (unpaired) electrons. The van der Waals surface area contributed by atoms with Crippen molar-refractivity contribution in [3.05, 3.63) is 34.6 Å². The van der Waals surface area contributed by atoms with Crippen molar-refractivity contribution in [2.75, 3.05) is 39.4 Å². The summed E-state index contributed by atoms with van der Waals surface area (Å²) in [5.41, 5.74) is -0.0696. The number of carboxylic acids is 1. The third-order valence-electron chi connectivity index (χ3n) is 4.35. The van der Waals surface area contributed by atoms with E-state index in [1.54, 1.807) is 4.90 Å². The summed E-state index contributed by atoms with van der Waals surface area (Å²) in [5, 5.41) is 8.93. The minimum Gasteiger partial charge on any atom is -0.480 e. The van der Waals surface area contributed by atoms with Gasteiger partial charge in [0.1, 0.15) is 0 Å². The van der Waals surface area contributed by atoms with Crippen molar-refractivity contribution < 1.29 is 23.8 Å². The molecule has 0 unspecified atom stereocenters. The SMILES string of the molecule is O=C(O)CN1C[C@@H]2COC[C@H](C1)N(C(=O)c1cccc(Cl)c1F)C2. The van der Waals surface area contributed by atoms with Crippen molar-refractivity contribution in [3.63, 3.8) is 0 Å². The van der Waals surface area contributed by atoms with E-state index < -0.39 is 17.7 Å². The fourth-order valence-electron chi connectivity index (χ4n) is 3.33. The Morgan fingerprint density at radius 3 is 2.83 bits per heavy atom. The smallest absolute Gasteiger partial charge is 0.317 e. The maximum atomic E-state index is 14.2. The minimum absolute atomic E-state index is 0.0111. The molecule has 2 saturated heterocycles. The second kappa shape index (κ2) is 7.04. The molecular formula is C16H18ClFN2O4. The molecule has 1 aromatic rings. The van der Waals surface area contributed by atoms with Crippen LogP contribution in [0.2, 0.25) is 5.02 Å². The molecule has 2 atom stereocenters. The summed E-state index contributed by atoms with van der Waals surface area (Å²) in [6.07, 6.45) is 0. The van der Waals surface area contributed by atoms with Gasteiger partial charge in [0, 0.05) is 25.6 Å². The Hall–Kier alpha value is -1.70. The maximum Gasteiger partial charge on any atom is 0.317 e. The average molecular weight is 357 g/mol. The van der Waals surface area contributed by atoms with Gasteiger partial charge in [0.05, 0.1) is 36.4 Å². The summed E-state index contributed by atoms with van der Waals surface area (Å²) < 4.78 is 19.8. The first-order chi connectivity index (χ1) is 11.5. The number of nitrogens with zero attached hydrogens (tertiary/aromatic N) is 2. The van der Waals surface area contributed by atoms with Crippen LogP contribution in [0.1, 0.15) is 10.4 Å². The van der Waals surface area contributed by atoms with E-state index in [0.717, 1.165) is 0 Å². The Morgan fingerprint density at radius 2 is 2.08 bits per heavy atom. The lowest BCUT2D eigenvalue weighted by Gasteiger charge is -2.30. The normalized spacial score (nSPS) is 24.5. The molecule has 1 amide bonds. The molecule has 2 heterocycles. The van der Waals surface area contributed by atoms with E-state index in [0.29, 0.717) is 32.8 Å². The van der Waals surface area contributed by atoms with E-state index >= 15 is 0 Å². The minimum atomic E-state index is -0.908. The van der Waals surface area contributed by atoms with Crippen molar-refractivity contribution in [3.8, 4) is 0 Å². The van der Waals surface area contributed by atoms with Crippen molar-refractivity contribution >= 4 is 23.5 Å². The topological polar surface area (TPSA) is 70.1 Å². The van der Waals surface area contributed by atoms with Crippen LogP contribution in [0.5, 0.6) is 0 Å². The lowest BCUT2D eigenvalue weighted by Crippen LogP contribution is -2.47. The Kier molecular flexibility index (Phi) is 5.03. The standard InChI is InChI=1S/C16H18ClFN2O4/c17-13-3-1-2-12(15(13)18)16(23)20-5-10-4-19(7-14(21)22)6-11(20)9-24-8-10/h1-3,10-11H,4-9H2,(H,21,22)/t10-,11-/m0/s1. The van der Waals surface area contributed by atoms with Gasteiger partial charge >= 0.3 is 5.97 Å². The maximum absolute atomic E-state index is 14.2. The second-order valence-electron chi connectivity index (χ2n) is 6.20.